The second-order valence-electron chi connectivity index (χ2n) is 13.0. The van der Waals surface area contributed by atoms with Crippen molar-refractivity contribution in [3.8, 4) is 0 Å². The summed E-state index contributed by atoms with van der Waals surface area (Å²) in [5.41, 5.74) is 0. The number of rotatable bonds is 9. The molecule has 0 aromatic rings. The maximum absolute atomic E-state index is 13.5. The second kappa shape index (κ2) is 15.8. The number of hydrogen-bond donors (Lipinski definition) is 5. The van der Waals surface area contributed by atoms with Crippen LogP contribution >= 0.6 is 0 Å². The van der Waals surface area contributed by atoms with Gasteiger partial charge in [0.25, 0.3) is 0 Å². The lowest BCUT2D eigenvalue weighted by atomic mass is 9.98. The Morgan fingerprint density at radius 1 is 0.410 bits per heavy atom. The molecule has 0 aromatic carbocycles. The predicted molar refractivity (Wildman–Crippen MR) is 152 cm³/mol. The van der Waals surface area contributed by atoms with Gasteiger partial charge in [-0.2, -0.15) is 0 Å². The normalized spacial score (nSPS) is 26.2. The minimum Gasteiger partial charge on any atom is -0.343 e. The van der Waals surface area contributed by atoms with E-state index in [1.54, 1.807) is 0 Å². The molecular weight excluding hydrogens is 498 g/mol. The molecular formula is C29H53N5O5. The SMILES string of the molecule is CC(C)CC1NC(=O)C(CC(C)C)NC(=O)C(CC(C)C)NC(=O)C(C(C)C)NC(=O)C(CC(C)C)NC1=O. The van der Waals surface area contributed by atoms with E-state index in [1.807, 2.05) is 69.2 Å². The molecule has 5 atom stereocenters. The van der Waals surface area contributed by atoms with E-state index in [0.29, 0.717) is 25.7 Å². The van der Waals surface area contributed by atoms with E-state index in [9.17, 15) is 24.0 Å². The summed E-state index contributed by atoms with van der Waals surface area (Å²) >= 11 is 0. The smallest absolute Gasteiger partial charge is 0.243 e. The summed E-state index contributed by atoms with van der Waals surface area (Å²) in [6, 6.07) is -4.45. The van der Waals surface area contributed by atoms with Crippen LogP contribution in [-0.2, 0) is 24.0 Å². The standard InChI is InChI=1S/C29H53N5O5/c1-15(2)11-20-25(35)30-21(12-16(3)4)26(36)32-23(14-18(7)8)28(38)34-24(19(9)10)29(39)33-22(13-17(5)6)27(37)31-20/h15-24H,11-14H2,1-10H3,(H,30,35)(H,31,37)(H,32,36)(H,33,39)(H,34,38). The Balaban J connectivity index is 3.60. The molecule has 10 heteroatoms. The zero-order valence-electron chi connectivity index (χ0n) is 25.6. The van der Waals surface area contributed by atoms with Crippen molar-refractivity contribution in [2.75, 3.05) is 0 Å². The van der Waals surface area contributed by atoms with Crippen LogP contribution in [0, 0.1) is 29.6 Å². The number of nitrogens with one attached hydrogen (secondary N) is 5. The first kappa shape index (κ1) is 34.4. The third kappa shape index (κ3) is 12.0. The van der Waals surface area contributed by atoms with Crippen LogP contribution in [-0.4, -0.2) is 59.7 Å². The fraction of sp³-hybridized carbons (Fsp3) is 0.828. The summed E-state index contributed by atoms with van der Waals surface area (Å²) < 4.78 is 0. The maximum atomic E-state index is 13.5. The number of hydrogen-bond acceptors (Lipinski definition) is 5. The lowest BCUT2D eigenvalue weighted by Gasteiger charge is -2.28. The molecule has 1 rings (SSSR count). The van der Waals surface area contributed by atoms with Crippen molar-refractivity contribution in [3.63, 3.8) is 0 Å². The van der Waals surface area contributed by atoms with Crippen LogP contribution in [0.5, 0.6) is 0 Å². The average Bonchev–Trinajstić information content (AvgIpc) is 2.78. The zero-order chi connectivity index (χ0) is 30.0. The quantitative estimate of drug-likeness (QED) is 0.298. The van der Waals surface area contributed by atoms with Crippen LogP contribution in [0.15, 0.2) is 0 Å². The highest BCUT2D eigenvalue weighted by Crippen LogP contribution is 2.14. The van der Waals surface area contributed by atoms with E-state index in [0.717, 1.165) is 0 Å². The molecule has 1 fully saturated rings. The highest BCUT2D eigenvalue weighted by atomic mass is 16.2. The molecule has 0 bridgehead atoms. The van der Waals surface area contributed by atoms with E-state index in [-0.39, 0.29) is 29.6 Å². The molecule has 5 amide bonds. The van der Waals surface area contributed by atoms with Gasteiger partial charge in [0.1, 0.15) is 30.2 Å². The Kier molecular flexibility index (Phi) is 13.9. The highest BCUT2D eigenvalue weighted by molar-refractivity contribution is 5.97. The van der Waals surface area contributed by atoms with E-state index in [4.69, 9.17) is 0 Å². The molecule has 0 radical (unpaired) electrons. The summed E-state index contributed by atoms with van der Waals surface area (Å²) in [7, 11) is 0. The lowest BCUT2D eigenvalue weighted by molar-refractivity contribution is -0.135. The lowest BCUT2D eigenvalue weighted by Crippen LogP contribution is -2.59. The molecule has 224 valence electrons. The fourth-order valence-electron chi connectivity index (χ4n) is 4.68. The molecule has 1 saturated heterocycles. The van der Waals surface area contributed by atoms with Gasteiger partial charge in [0.2, 0.25) is 29.5 Å². The third-order valence-corrected chi connectivity index (χ3v) is 6.61. The first-order valence-electron chi connectivity index (χ1n) is 14.5. The minimum atomic E-state index is -0.908. The Morgan fingerprint density at radius 3 is 0.872 bits per heavy atom. The summed E-state index contributed by atoms with van der Waals surface area (Å²) in [5.74, 6) is -2.29. The van der Waals surface area contributed by atoms with Crippen LogP contribution in [0.25, 0.3) is 0 Å². The number of carbonyl (C=O) groups is 5. The fourth-order valence-corrected chi connectivity index (χ4v) is 4.68. The van der Waals surface area contributed by atoms with Crippen molar-refractivity contribution >= 4 is 29.5 Å². The van der Waals surface area contributed by atoms with E-state index in [1.165, 1.54) is 0 Å². The van der Waals surface area contributed by atoms with E-state index >= 15 is 0 Å². The predicted octanol–water partition coefficient (Wildman–Crippen LogP) is 2.26. The number of carbonyl (C=O) groups excluding carboxylic acids is 5. The summed E-state index contributed by atoms with van der Waals surface area (Å²) in [6.07, 6.45) is 1.44. The van der Waals surface area contributed by atoms with Crippen LogP contribution in [0.2, 0.25) is 0 Å². The van der Waals surface area contributed by atoms with Gasteiger partial charge in [-0.3, -0.25) is 24.0 Å². The molecule has 10 nitrogen and oxygen atoms in total. The molecule has 1 heterocycles. The van der Waals surface area contributed by atoms with Gasteiger partial charge in [0, 0.05) is 0 Å². The first-order chi connectivity index (χ1) is 18.0. The molecule has 39 heavy (non-hydrogen) atoms. The molecule has 0 aromatic heterocycles. The zero-order valence-corrected chi connectivity index (χ0v) is 25.6. The largest absolute Gasteiger partial charge is 0.343 e. The van der Waals surface area contributed by atoms with E-state index in [2.05, 4.69) is 26.6 Å². The average molecular weight is 552 g/mol. The van der Waals surface area contributed by atoms with Crippen molar-refractivity contribution in [2.24, 2.45) is 29.6 Å². The van der Waals surface area contributed by atoms with Crippen molar-refractivity contribution in [2.45, 2.75) is 125 Å². The summed E-state index contributed by atoms with van der Waals surface area (Å²) in [6.45, 7) is 19.2. The Bertz CT molecular complexity index is 839. The molecule has 0 spiro atoms. The van der Waals surface area contributed by atoms with Gasteiger partial charge in [-0.15, -0.1) is 0 Å². The van der Waals surface area contributed by atoms with Crippen LogP contribution < -0.4 is 26.6 Å². The van der Waals surface area contributed by atoms with Gasteiger partial charge in [-0.05, 0) is 55.3 Å². The molecule has 1 aliphatic heterocycles. The monoisotopic (exact) mass is 551 g/mol. The summed E-state index contributed by atoms with van der Waals surface area (Å²) in [5, 5.41) is 14.1. The van der Waals surface area contributed by atoms with Gasteiger partial charge in [-0.1, -0.05) is 69.2 Å². The van der Waals surface area contributed by atoms with Gasteiger partial charge in [0.05, 0.1) is 0 Å². The van der Waals surface area contributed by atoms with E-state index < -0.39 is 59.7 Å². The van der Waals surface area contributed by atoms with Crippen molar-refractivity contribution in [1.29, 1.82) is 0 Å². The van der Waals surface area contributed by atoms with Crippen molar-refractivity contribution in [3.05, 3.63) is 0 Å². The molecule has 0 saturated carbocycles. The van der Waals surface area contributed by atoms with Gasteiger partial charge in [-0.25, -0.2) is 0 Å². The van der Waals surface area contributed by atoms with Gasteiger partial charge in [0.15, 0.2) is 0 Å². The Labute approximate surface area is 235 Å². The summed E-state index contributed by atoms with van der Waals surface area (Å²) in [4.78, 5) is 67.1. The third-order valence-electron chi connectivity index (χ3n) is 6.61. The second-order valence-corrected chi connectivity index (χ2v) is 13.0. The van der Waals surface area contributed by atoms with Crippen LogP contribution in [0.1, 0.15) is 94.9 Å². The molecule has 0 aliphatic carbocycles. The maximum Gasteiger partial charge on any atom is 0.243 e. The molecule has 5 unspecified atom stereocenters. The van der Waals surface area contributed by atoms with Gasteiger partial charge < -0.3 is 26.6 Å². The van der Waals surface area contributed by atoms with Crippen LogP contribution in [0.4, 0.5) is 0 Å². The molecule has 1 aliphatic rings. The van der Waals surface area contributed by atoms with Crippen LogP contribution in [0.3, 0.4) is 0 Å². The number of amides is 5. The first-order valence-corrected chi connectivity index (χ1v) is 14.5. The Morgan fingerprint density at radius 2 is 0.641 bits per heavy atom. The van der Waals surface area contributed by atoms with Gasteiger partial charge >= 0.3 is 0 Å². The minimum absolute atomic E-state index is 0.0836. The van der Waals surface area contributed by atoms with Crippen molar-refractivity contribution in [1.82, 2.24) is 26.6 Å². The molecule has 5 N–H and O–H groups in total. The Hall–Kier alpha value is -2.65. The highest BCUT2D eigenvalue weighted by Gasteiger charge is 2.36. The topological polar surface area (TPSA) is 146 Å². The van der Waals surface area contributed by atoms with Crippen molar-refractivity contribution < 1.29 is 24.0 Å².